The summed E-state index contributed by atoms with van der Waals surface area (Å²) in [5.74, 6) is -0.563. The molecule has 0 aliphatic heterocycles. The Morgan fingerprint density at radius 1 is 1.38 bits per heavy atom. The molecule has 0 radical (unpaired) electrons. The Labute approximate surface area is 52.9 Å². The Morgan fingerprint density at radius 2 is 1.75 bits per heavy atom. The van der Waals surface area contributed by atoms with Crippen molar-refractivity contribution in [1.29, 1.82) is 0 Å². The summed E-state index contributed by atoms with van der Waals surface area (Å²) < 4.78 is 9.88. The van der Waals surface area contributed by atoms with Gasteiger partial charge in [-0.2, -0.15) is 0 Å². The third-order valence-corrected chi connectivity index (χ3v) is 2.14. The van der Waals surface area contributed by atoms with Crippen LogP contribution in [0.25, 0.3) is 0 Å². The minimum absolute atomic E-state index is 0.563. The van der Waals surface area contributed by atoms with E-state index in [0.717, 1.165) is 10.4 Å². The van der Waals surface area contributed by atoms with Crippen molar-refractivity contribution >= 4 is 10.4 Å². The Balaban J connectivity index is 3.58. The third kappa shape index (κ3) is 1.91. The molecule has 0 aliphatic carbocycles. The zero-order valence-electron chi connectivity index (χ0n) is 5.82. The molecule has 0 aromatic rings. The Morgan fingerprint density at radius 3 is 1.75 bits per heavy atom. The van der Waals surface area contributed by atoms with E-state index in [1.807, 2.05) is 6.92 Å². The highest BCUT2D eigenvalue weighted by Gasteiger charge is 2.17. The fourth-order valence-electron chi connectivity index (χ4n) is 0.287. The summed E-state index contributed by atoms with van der Waals surface area (Å²) in [5.41, 5.74) is 0. The average molecular weight is 135 g/mol. The molecule has 0 aromatic heterocycles. The van der Waals surface area contributed by atoms with Gasteiger partial charge in [-0.1, -0.05) is 0 Å². The maximum atomic E-state index is 4.94. The highest BCUT2D eigenvalue weighted by atomic mass is 28.2. The number of ether oxygens (including phenoxy) is 2. The summed E-state index contributed by atoms with van der Waals surface area (Å²) >= 11 is 0. The van der Waals surface area contributed by atoms with E-state index < -0.39 is 5.91 Å². The molecule has 0 amide bonds. The van der Waals surface area contributed by atoms with Gasteiger partial charge < -0.3 is 9.47 Å². The molecule has 3 nitrogen and oxygen atoms in total. The standard InChI is InChI=1S/C4H13NO2Si/c1-4(5-8,6-2)7-3/h5H,1-3,8H3. The summed E-state index contributed by atoms with van der Waals surface area (Å²) in [5, 5.41) is 0. The monoisotopic (exact) mass is 135 g/mol. The third-order valence-electron chi connectivity index (χ3n) is 1.23. The minimum atomic E-state index is -0.563. The van der Waals surface area contributed by atoms with Crippen molar-refractivity contribution < 1.29 is 9.47 Å². The van der Waals surface area contributed by atoms with Crippen LogP contribution in [0.2, 0.25) is 0 Å². The van der Waals surface area contributed by atoms with Crippen LogP contribution in [0, 0.1) is 0 Å². The molecule has 0 bridgehead atoms. The van der Waals surface area contributed by atoms with Crippen molar-refractivity contribution in [2.75, 3.05) is 14.2 Å². The van der Waals surface area contributed by atoms with Crippen molar-refractivity contribution in [3.8, 4) is 0 Å². The highest BCUT2D eigenvalue weighted by Crippen LogP contribution is 2.01. The maximum Gasteiger partial charge on any atom is 0.217 e. The maximum absolute atomic E-state index is 4.94. The lowest BCUT2D eigenvalue weighted by Gasteiger charge is -2.25. The van der Waals surface area contributed by atoms with Crippen LogP contribution in [0.5, 0.6) is 0 Å². The van der Waals surface area contributed by atoms with Gasteiger partial charge in [0, 0.05) is 21.1 Å². The number of methoxy groups -OCH3 is 2. The van der Waals surface area contributed by atoms with E-state index in [4.69, 9.17) is 9.47 Å². The van der Waals surface area contributed by atoms with E-state index in [-0.39, 0.29) is 0 Å². The summed E-state index contributed by atoms with van der Waals surface area (Å²) in [7, 11) is 4.08. The molecule has 0 fully saturated rings. The molecule has 0 aliphatic rings. The molecular weight excluding hydrogens is 122 g/mol. The second kappa shape index (κ2) is 3.19. The first-order chi connectivity index (χ1) is 3.68. The van der Waals surface area contributed by atoms with E-state index in [2.05, 4.69) is 4.98 Å². The van der Waals surface area contributed by atoms with E-state index in [1.165, 1.54) is 0 Å². The summed E-state index contributed by atoms with van der Waals surface area (Å²) in [6.07, 6.45) is 0. The molecule has 0 unspecified atom stereocenters. The van der Waals surface area contributed by atoms with Crippen LogP contribution in [0.3, 0.4) is 0 Å². The van der Waals surface area contributed by atoms with Crippen LogP contribution in [0.15, 0.2) is 0 Å². The van der Waals surface area contributed by atoms with Gasteiger partial charge >= 0.3 is 0 Å². The second-order valence-electron chi connectivity index (χ2n) is 1.60. The molecule has 0 spiro atoms. The number of hydrogen-bond donors (Lipinski definition) is 1. The molecule has 4 heteroatoms. The quantitative estimate of drug-likeness (QED) is 0.390. The number of nitrogens with one attached hydrogen (secondary N) is 1. The zero-order chi connectivity index (χ0) is 6.62. The van der Waals surface area contributed by atoms with Crippen molar-refractivity contribution in [2.24, 2.45) is 0 Å². The van der Waals surface area contributed by atoms with E-state index in [1.54, 1.807) is 14.2 Å². The van der Waals surface area contributed by atoms with Crippen molar-refractivity contribution in [3.05, 3.63) is 0 Å². The summed E-state index contributed by atoms with van der Waals surface area (Å²) in [6.45, 7) is 1.83. The Hall–Kier alpha value is 0.0969. The lowest BCUT2D eigenvalue weighted by molar-refractivity contribution is -0.200. The van der Waals surface area contributed by atoms with E-state index in [0.29, 0.717) is 0 Å². The largest absolute Gasteiger partial charge is 0.341 e. The predicted octanol–water partition coefficient (Wildman–Crippen LogP) is -1.18. The first-order valence-electron chi connectivity index (χ1n) is 2.47. The highest BCUT2D eigenvalue weighted by molar-refractivity contribution is 6.04. The smallest absolute Gasteiger partial charge is 0.217 e. The normalized spacial score (nSPS) is 12.4. The van der Waals surface area contributed by atoms with Gasteiger partial charge in [-0.25, -0.2) is 0 Å². The first kappa shape index (κ1) is 8.10. The van der Waals surface area contributed by atoms with Crippen LogP contribution in [-0.2, 0) is 9.47 Å². The molecule has 8 heavy (non-hydrogen) atoms. The van der Waals surface area contributed by atoms with Crippen LogP contribution in [0.4, 0.5) is 0 Å². The van der Waals surface area contributed by atoms with Crippen LogP contribution < -0.4 is 4.98 Å². The summed E-state index contributed by atoms with van der Waals surface area (Å²) in [6, 6.07) is 0. The molecule has 50 valence electrons. The molecule has 0 saturated carbocycles. The molecule has 0 aromatic carbocycles. The SMILES string of the molecule is COC(C)(N[SiH3])OC. The molecule has 1 N–H and O–H groups in total. The van der Waals surface area contributed by atoms with Crippen molar-refractivity contribution in [2.45, 2.75) is 12.8 Å². The molecule has 0 heterocycles. The van der Waals surface area contributed by atoms with Gasteiger partial charge in [-0.05, 0) is 0 Å². The van der Waals surface area contributed by atoms with E-state index in [9.17, 15) is 0 Å². The average Bonchev–Trinajstić information content (AvgIpc) is 1.87. The minimum Gasteiger partial charge on any atom is -0.341 e. The van der Waals surface area contributed by atoms with Gasteiger partial charge in [0.15, 0.2) is 0 Å². The van der Waals surface area contributed by atoms with Gasteiger partial charge in [0.2, 0.25) is 5.91 Å². The lowest BCUT2D eigenvalue weighted by Crippen LogP contribution is -2.44. The molecule has 0 atom stereocenters. The van der Waals surface area contributed by atoms with Crippen LogP contribution in [-0.4, -0.2) is 30.5 Å². The van der Waals surface area contributed by atoms with Gasteiger partial charge in [0.1, 0.15) is 0 Å². The van der Waals surface area contributed by atoms with E-state index >= 15 is 0 Å². The zero-order valence-corrected chi connectivity index (χ0v) is 7.82. The van der Waals surface area contributed by atoms with Crippen LogP contribution in [0.1, 0.15) is 6.92 Å². The van der Waals surface area contributed by atoms with Crippen molar-refractivity contribution in [3.63, 3.8) is 0 Å². The molecular formula is C4H13NO2Si. The predicted molar refractivity (Wildman–Crippen MR) is 35.5 cm³/mol. The van der Waals surface area contributed by atoms with Gasteiger partial charge in [-0.3, -0.25) is 4.98 Å². The summed E-state index contributed by atoms with van der Waals surface area (Å²) in [4.78, 5) is 2.97. The first-order valence-corrected chi connectivity index (χ1v) is 3.47. The Bertz CT molecular complexity index is 56.8. The van der Waals surface area contributed by atoms with Crippen molar-refractivity contribution in [1.82, 2.24) is 4.98 Å². The molecule has 0 rings (SSSR count). The fraction of sp³-hybridized carbons (Fsp3) is 1.00. The lowest BCUT2D eigenvalue weighted by atomic mass is 10.6. The molecule has 0 saturated heterocycles. The fourth-order valence-corrected chi connectivity index (χ4v) is 0.696. The van der Waals surface area contributed by atoms with Gasteiger partial charge in [0.25, 0.3) is 0 Å². The Kier molecular flexibility index (Phi) is 3.23. The number of hydrogen-bond acceptors (Lipinski definition) is 3. The van der Waals surface area contributed by atoms with Gasteiger partial charge in [-0.15, -0.1) is 0 Å². The van der Waals surface area contributed by atoms with Crippen LogP contribution >= 0.6 is 0 Å². The van der Waals surface area contributed by atoms with Gasteiger partial charge in [0.05, 0.1) is 10.4 Å². The topological polar surface area (TPSA) is 30.5 Å². The second-order valence-corrected chi connectivity index (χ2v) is 2.10. The number of rotatable bonds is 3.